The molecule has 2 atom stereocenters. The Balaban J connectivity index is 1.40. The first-order chi connectivity index (χ1) is 18.3. The van der Waals surface area contributed by atoms with Gasteiger partial charge in [-0.05, 0) is 60.9 Å². The lowest BCUT2D eigenvalue weighted by Gasteiger charge is -2.26. The minimum absolute atomic E-state index is 0.158. The number of carboxylic acid groups (broad SMARTS) is 1. The minimum Gasteiger partial charge on any atom is -0.493 e. The van der Waals surface area contributed by atoms with Gasteiger partial charge in [0, 0.05) is 37.5 Å². The highest BCUT2D eigenvalue weighted by atomic mass is 35.5. The molecule has 2 aromatic rings. The van der Waals surface area contributed by atoms with E-state index in [0.29, 0.717) is 30.4 Å². The maximum absolute atomic E-state index is 11.8. The molecule has 0 aromatic heterocycles. The highest BCUT2D eigenvalue weighted by molar-refractivity contribution is 6.31. The van der Waals surface area contributed by atoms with Gasteiger partial charge in [-0.15, -0.1) is 0 Å². The summed E-state index contributed by atoms with van der Waals surface area (Å²) in [6.45, 7) is 2.69. The van der Waals surface area contributed by atoms with E-state index in [9.17, 15) is 19.5 Å². The first-order valence-electron chi connectivity index (χ1n) is 13.2. The Labute approximate surface area is 228 Å². The van der Waals surface area contributed by atoms with E-state index in [4.69, 9.17) is 21.1 Å². The fourth-order valence-electron chi connectivity index (χ4n) is 5.35. The third-order valence-electron chi connectivity index (χ3n) is 7.42. The number of likely N-dealkylation sites (tertiary alicyclic amines) is 1. The van der Waals surface area contributed by atoms with E-state index in [2.05, 4.69) is 4.90 Å². The van der Waals surface area contributed by atoms with Crippen LogP contribution >= 0.6 is 11.6 Å². The summed E-state index contributed by atoms with van der Waals surface area (Å²) in [5.41, 5.74) is 2.14. The third-order valence-corrected chi connectivity index (χ3v) is 7.79. The molecule has 2 unspecified atom stereocenters. The highest BCUT2D eigenvalue weighted by Crippen LogP contribution is 2.33. The molecule has 2 aromatic carbocycles. The molecule has 0 bridgehead atoms. The quantitative estimate of drug-likeness (QED) is 0.374. The standard InChI is InChI=1S/C29H35ClN2O6/c1-37-26-17-21(7-9-25(26)38-15-14-32-27(33)10-11-28(32)34)19-31(13-12-22-4-2-3-5-24(22)30)18-20-6-8-23(16-20)29(35)36/h2-5,7,9,17,20,23H,6,8,10-16,18-19H2,1H3,(H,35,36). The van der Waals surface area contributed by atoms with E-state index in [1.807, 2.05) is 42.5 Å². The fraction of sp³-hybridized carbons (Fsp3) is 0.483. The zero-order chi connectivity index (χ0) is 27.1. The fourth-order valence-corrected chi connectivity index (χ4v) is 5.58. The van der Waals surface area contributed by atoms with Crippen LogP contribution in [0.5, 0.6) is 11.5 Å². The van der Waals surface area contributed by atoms with Crippen LogP contribution in [0.15, 0.2) is 42.5 Å². The number of ether oxygens (including phenoxy) is 2. The van der Waals surface area contributed by atoms with Crippen molar-refractivity contribution in [1.82, 2.24) is 9.80 Å². The van der Waals surface area contributed by atoms with Crippen LogP contribution in [0.25, 0.3) is 0 Å². The van der Waals surface area contributed by atoms with Gasteiger partial charge in [0.15, 0.2) is 11.5 Å². The molecular weight excluding hydrogens is 508 g/mol. The van der Waals surface area contributed by atoms with Gasteiger partial charge < -0.3 is 14.6 Å². The van der Waals surface area contributed by atoms with Gasteiger partial charge in [0.1, 0.15) is 6.61 Å². The first kappa shape index (κ1) is 27.9. The minimum atomic E-state index is -0.700. The summed E-state index contributed by atoms with van der Waals surface area (Å²) in [7, 11) is 1.58. The average Bonchev–Trinajstić information content (AvgIpc) is 3.50. The number of carbonyl (C=O) groups is 3. The normalized spacial score (nSPS) is 19.4. The first-order valence-corrected chi connectivity index (χ1v) is 13.5. The van der Waals surface area contributed by atoms with Gasteiger partial charge in [0.05, 0.1) is 19.6 Å². The number of carbonyl (C=O) groups excluding carboxylic acids is 2. The Morgan fingerprint density at radius 2 is 1.87 bits per heavy atom. The van der Waals surface area contributed by atoms with Crippen LogP contribution in [0.1, 0.15) is 43.2 Å². The van der Waals surface area contributed by atoms with Crippen LogP contribution in [0.2, 0.25) is 5.02 Å². The van der Waals surface area contributed by atoms with Crippen molar-refractivity contribution in [1.29, 1.82) is 0 Å². The Kier molecular flexibility index (Phi) is 9.63. The molecule has 1 aliphatic heterocycles. The van der Waals surface area contributed by atoms with Crippen LogP contribution in [0.3, 0.4) is 0 Å². The second kappa shape index (κ2) is 13.1. The van der Waals surface area contributed by atoms with Crippen molar-refractivity contribution in [3.8, 4) is 11.5 Å². The Morgan fingerprint density at radius 1 is 1.11 bits per heavy atom. The summed E-state index contributed by atoms with van der Waals surface area (Å²) in [5.74, 6) is 0.201. The number of nitrogens with zero attached hydrogens (tertiary/aromatic N) is 2. The van der Waals surface area contributed by atoms with Crippen LogP contribution in [0.4, 0.5) is 0 Å². The van der Waals surface area contributed by atoms with Gasteiger partial charge in [0.25, 0.3) is 0 Å². The molecule has 1 heterocycles. The number of hydrogen-bond donors (Lipinski definition) is 1. The number of benzene rings is 2. The predicted molar refractivity (Wildman–Crippen MR) is 143 cm³/mol. The number of imide groups is 1. The average molecular weight is 543 g/mol. The molecule has 204 valence electrons. The predicted octanol–water partition coefficient (Wildman–Crippen LogP) is 4.42. The molecule has 2 aliphatic rings. The highest BCUT2D eigenvalue weighted by Gasteiger charge is 2.31. The molecule has 0 radical (unpaired) electrons. The largest absolute Gasteiger partial charge is 0.493 e. The van der Waals surface area contributed by atoms with Crippen LogP contribution in [-0.4, -0.2) is 66.0 Å². The number of amides is 2. The number of methoxy groups -OCH3 is 1. The smallest absolute Gasteiger partial charge is 0.306 e. The van der Waals surface area contributed by atoms with Crippen LogP contribution in [0, 0.1) is 11.8 Å². The molecule has 4 rings (SSSR count). The third kappa shape index (κ3) is 7.26. The monoisotopic (exact) mass is 542 g/mol. The van der Waals surface area contributed by atoms with Crippen LogP contribution < -0.4 is 9.47 Å². The number of aliphatic carboxylic acids is 1. The molecule has 1 N–H and O–H groups in total. The molecule has 38 heavy (non-hydrogen) atoms. The van der Waals surface area contributed by atoms with Gasteiger partial charge in [-0.3, -0.25) is 24.2 Å². The van der Waals surface area contributed by atoms with Crippen molar-refractivity contribution in [3.63, 3.8) is 0 Å². The summed E-state index contributed by atoms with van der Waals surface area (Å²) in [5, 5.41) is 10.2. The lowest BCUT2D eigenvalue weighted by Crippen LogP contribution is -2.33. The molecule has 8 nitrogen and oxygen atoms in total. The number of hydrogen-bond acceptors (Lipinski definition) is 6. The summed E-state index contributed by atoms with van der Waals surface area (Å²) in [4.78, 5) is 38.7. The number of carboxylic acids is 1. The molecule has 1 aliphatic carbocycles. The molecule has 0 spiro atoms. The SMILES string of the molecule is COc1cc(CN(CCc2ccccc2Cl)CC2CCC(C(=O)O)C2)ccc1OCCN1C(=O)CCC1=O. The van der Waals surface area contributed by atoms with Gasteiger partial charge >= 0.3 is 5.97 Å². The lowest BCUT2D eigenvalue weighted by atomic mass is 10.0. The second-order valence-corrected chi connectivity index (χ2v) is 10.5. The van der Waals surface area contributed by atoms with E-state index in [1.54, 1.807) is 7.11 Å². The molecule has 2 fully saturated rings. The maximum atomic E-state index is 11.8. The van der Waals surface area contributed by atoms with E-state index >= 15 is 0 Å². The summed E-state index contributed by atoms with van der Waals surface area (Å²) >= 11 is 6.39. The van der Waals surface area contributed by atoms with Gasteiger partial charge in [-0.25, -0.2) is 0 Å². The lowest BCUT2D eigenvalue weighted by molar-refractivity contribution is -0.142. The van der Waals surface area contributed by atoms with Crippen molar-refractivity contribution in [2.45, 2.75) is 45.1 Å². The zero-order valence-electron chi connectivity index (χ0n) is 21.7. The second-order valence-electron chi connectivity index (χ2n) is 10.1. The molecular formula is C29H35ClN2O6. The topological polar surface area (TPSA) is 96.4 Å². The summed E-state index contributed by atoms with van der Waals surface area (Å²) in [6.07, 6.45) is 3.67. The van der Waals surface area contributed by atoms with Crippen molar-refractivity contribution in [3.05, 3.63) is 58.6 Å². The maximum Gasteiger partial charge on any atom is 0.306 e. The van der Waals surface area contributed by atoms with E-state index in [1.165, 1.54) is 4.90 Å². The summed E-state index contributed by atoms with van der Waals surface area (Å²) < 4.78 is 11.4. The number of halogens is 1. The molecule has 1 saturated carbocycles. The molecule has 9 heteroatoms. The van der Waals surface area contributed by atoms with Crippen molar-refractivity contribution in [2.75, 3.05) is 33.4 Å². The molecule has 2 amide bonds. The Bertz CT molecular complexity index is 1140. The van der Waals surface area contributed by atoms with Gasteiger partial charge in [0.2, 0.25) is 11.8 Å². The van der Waals surface area contributed by atoms with E-state index in [0.717, 1.165) is 48.5 Å². The van der Waals surface area contributed by atoms with E-state index < -0.39 is 5.97 Å². The Hall–Kier alpha value is -3.10. The number of rotatable bonds is 13. The van der Waals surface area contributed by atoms with E-state index in [-0.39, 0.29) is 43.7 Å². The van der Waals surface area contributed by atoms with Gasteiger partial charge in [-0.2, -0.15) is 0 Å². The summed E-state index contributed by atoms with van der Waals surface area (Å²) in [6, 6.07) is 13.6. The van der Waals surface area contributed by atoms with Crippen LogP contribution in [-0.2, 0) is 27.3 Å². The van der Waals surface area contributed by atoms with Gasteiger partial charge in [-0.1, -0.05) is 35.9 Å². The van der Waals surface area contributed by atoms with Crippen molar-refractivity contribution >= 4 is 29.4 Å². The molecule has 1 saturated heterocycles. The Morgan fingerprint density at radius 3 is 2.55 bits per heavy atom. The van der Waals surface area contributed by atoms with Crippen molar-refractivity contribution < 1.29 is 29.0 Å². The van der Waals surface area contributed by atoms with Crippen molar-refractivity contribution in [2.24, 2.45) is 11.8 Å². The zero-order valence-corrected chi connectivity index (χ0v) is 22.5.